The highest BCUT2D eigenvalue weighted by Crippen LogP contribution is 2.22. The fourth-order valence-electron chi connectivity index (χ4n) is 1.08. The molecule has 0 aliphatic carbocycles. The maximum absolute atomic E-state index is 12.0. The van der Waals surface area contributed by atoms with Gasteiger partial charge in [-0.15, -0.1) is 0 Å². The number of aliphatic hydroxyl groups is 1. The summed E-state index contributed by atoms with van der Waals surface area (Å²) in [5.41, 5.74) is -2.05. The molecule has 16 heavy (non-hydrogen) atoms. The quantitative estimate of drug-likeness (QED) is 0.731. The average molecular weight is 252 g/mol. The lowest BCUT2D eigenvalue weighted by Gasteiger charge is -2.38. The summed E-state index contributed by atoms with van der Waals surface area (Å²) >= 11 is 0. The van der Waals surface area contributed by atoms with Crippen LogP contribution in [0.4, 0.5) is 0 Å². The molecule has 0 saturated carbocycles. The second-order valence-electron chi connectivity index (χ2n) is 4.88. The molecular weight excluding hydrogens is 228 g/mol. The Morgan fingerprint density at radius 2 is 1.50 bits per heavy atom. The third-order valence-corrected chi connectivity index (χ3v) is 4.92. The molecule has 2 N–H and O–H groups in total. The molecule has 5 nitrogen and oxygen atoms in total. The molecule has 0 aliphatic heterocycles. The van der Waals surface area contributed by atoms with Crippen molar-refractivity contribution in [2.75, 3.05) is 13.1 Å². The Morgan fingerprint density at radius 3 is 1.75 bits per heavy atom. The Hall–Kier alpha value is -0.170. The molecule has 0 unspecified atom stereocenters. The lowest BCUT2D eigenvalue weighted by Crippen LogP contribution is -2.60. The van der Waals surface area contributed by atoms with Crippen molar-refractivity contribution >= 4 is 10.2 Å². The molecule has 0 rings (SSSR count). The monoisotopic (exact) mass is 252 g/mol. The minimum absolute atomic E-state index is 0.410. The molecule has 0 radical (unpaired) electrons. The van der Waals surface area contributed by atoms with Crippen LogP contribution in [0.15, 0.2) is 0 Å². The van der Waals surface area contributed by atoms with E-state index in [9.17, 15) is 13.5 Å². The van der Waals surface area contributed by atoms with Gasteiger partial charge in [-0.05, 0) is 27.7 Å². The van der Waals surface area contributed by atoms with E-state index in [4.69, 9.17) is 0 Å². The lowest BCUT2D eigenvalue weighted by atomic mass is 9.87. The van der Waals surface area contributed by atoms with E-state index in [2.05, 4.69) is 4.72 Å². The summed E-state index contributed by atoms with van der Waals surface area (Å²) in [6.45, 7) is 10.9. The van der Waals surface area contributed by atoms with E-state index >= 15 is 0 Å². The SMILES string of the molecule is CCN(CC)S(=O)(=O)NC(C)(C)C(C)(C)O. The molecule has 0 atom stereocenters. The number of nitrogens with one attached hydrogen (secondary N) is 1. The van der Waals surface area contributed by atoms with E-state index in [1.165, 1.54) is 4.31 Å². The minimum Gasteiger partial charge on any atom is -0.389 e. The van der Waals surface area contributed by atoms with Crippen molar-refractivity contribution in [2.45, 2.75) is 52.7 Å². The summed E-state index contributed by atoms with van der Waals surface area (Å²) in [5.74, 6) is 0. The number of hydrogen-bond donors (Lipinski definition) is 2. The van der Waals surface area contributed by atoms with Crippen LogP contribution in [0.1, 0.15) is 41.5 Å². The minimum atomic E-state index is -3.54. The fourth-order valence-corrected chi connectivity index (χ4v) is 2.78. The predicted octanol–water partition coefficient (Wildman–Crippen LogP) is 0.712. The first-order chi connectivity index (χ1) is 6.98. The standard InChI is InChI=1S/C10H24N2O3S/c1-7-12(8-2)16(14,15)11-9(3,4)10(5,6)13/h11,13H,7-8H2,1-6H3. The van der Waals surface area contributed by atoms with Crippen LogP contribution in [0, 0.1) is 0 Å². The van der Waals surface area contributed by atoms with Crippen molar-refractivity contribution < 1.29 is 13.5 Å². The Kier molecular flexibility index (Phi) is 4.94. The van der Waals surface area contributed by atoms with E-state index in [-0.39, 0.29) is 0 Å². The van der Waals surface area contributed by atoms with Crippen LogP contribution in [0.2, 0.25) is 0 Å². The highest BCUT2D eigenvalue weighted by molar-refractivity contribution is 7.87. The third-order valence-electron chi connectivity index (χ3n) is 2.96. The maximum Gasteiger partial charge on any atom is 0.280 e. The molecule has 0 aromatic heterocycles. The Labute approximate surface area is 99.0 Å². The van der Waals surface area contributed by atoms with E-state index in [0.717, 1.165) is 0 Å². The van der Waals surface area contributed by atoms with E-state index < -0.39 is 21.3 Å². The first kappa shape index (κ1) is 15.8. The Bertz CT molecular complexity index is 313. The molecule has 0 aromatic rings. The van der Waals surface area contributed by atoms with Crippen molar-refractivity contribution in [3.63, 3.8) is 0 Å². The summed E-state index contributed by atoms with van der Waals surface area (Å²) in [6, 6.07) is 0. The second-order valence-corrected chi connectivity index (χ2v) is 6.55. The molecule has 6 heteroatoms. The van der Waals surface area contributed by atoms with Crippen LogP contribution in [0.5, 0.6) is 0 Å². The van der Waals surface area contributed by atoms with Gasteiger partial charge >= 0.3 is 0 Å². The van der Waals surface area contributed by atoms with Crippen LogP contribution in [0.3, 0.4) is 0 Å². The summed E-state index contributed by atoms with van der Waals surface area (Å²) < 4.78 is 27.8. The lowest BCUT2D eigenvalue weighted by molar-refractivity contribution is 0.00567. The average Bonchev–Trinajstić information content (AvgIpc) is 2.00. The van der Waals surface area contributed by atoms with Gasteiger partial charge in [-0.3, -0.25) is 0 Å². The zero-order valence-electron chi connectivity index (χ0n) is 11.0. The first-order valence-corrected chi connectivity index (χ1v) is 6.93. The second kappa shape index (κ2) is 5.00. The Balaban J connectivity index is 4.99. The molecule has 0 heterocycles. The molecular formula is C10H24N2O3S. The topological polar surface area (TPSA) is 69.6 Å². The maximum atomic E-state index is 12.0. The third kappa shape index (κ3) is 3.69. The van der Waals surface area contributed by atoms with Crippen LogP contribution < -0.4 is 4.72 Å². The van der Waals surface area contributed by atoms with Gasteiger partial charge in [0.15, 0.2) is 0 Å². The van der Waals surface area contributed by atoms with Crippen molar-refractivity contribution in [1.82, 2.24) is 9.03 Å². The van der Waals surface area contributed by atoms with Crippen LogP contribution in [-0.2, 0) is 10.2 Å². The van der Waals surface area contributed by atoms with Gasteiger partial charge < -0.3 is 5.11 Å². The van der Waals surface area contributed by atoms with Crippen LogP contribution in [-0.4, -0.2) is 42.1 Å². The summed E-state index contributed by atoms with van der Waals surface area (Å²) in [5, 5.41) is 9.89. The molecule has 0 aromatic carbocycles. The zero-order valence-corrected chi connectivity index (χ0v) is 11.8. The van der Waals surface area contributed by atoms with Crippen molar-refractivity contribution in [2.24, 2.45) is 0 Å². The van der Waals surface area contributed by atoms with Gasteiger partial charge in [0.05, 0.1) is 11.1 Å². The first-order valence-electron chi connectivity index (χ1n) is 5.49. The largest absolute Gasteiger partial charge is 0.389 e. The molecule has 0 amide bonds. The van der Waals surface area contributed by atoms with E-state index in [0.29, 0.717) is 13.1 Å². The highest BCUT2D eigenvalue weighted by atomic mass is 32.2. The van der Waals surface area contributed by atoms with Crippen LogP contribution >= 0.6 is 0 Å². The zero-order chi connectivity index (χ0) is 13.2. The molecule has 0 aliphatic rings. The Morgan fingerprint density at radius 1 is 1.12 bits per heavy atom. The number of rotatable bonds is 6. The van der Waals surface area contributed by atoms with Gasteiger partial charge in [0.25, 0.3) is 10.2 Å². The van der Waals surface area contributed by atoms with Crippen molar-refractivity contribution in [3.05, 3.63) is 0 Å². The molecule has 0 saturated heterocycles. The summed E-state index contributed by atoms with van der Waals surface area (Å²) in [4.78, 5) is 0. The predicted molar refractivity (Wildman–Crippen MR) is 65.4 cm³/mol. The smallest absolute Gasteiger partial charge is 0.280 e. The van der Waals surface area contributed by atoms with Crippen LogP contribution in [0.25, 0.3) is 0 Å². The van der Waals surface area contributed by atoms with E-state index in [1.807, 2.05) is 0 Å². The van der Waals surface area contributed by atoms with Gasteiger partial charge in [-0.2, -0.15) is 17.4 Å². The van der Waals surface area contributed by atoms with Gasteiger partial charge in [-0.25, -0.2) is 0 Å². The van der Waals surface area contributed by atoms with Gasteiger partial charge in [0.2, 0.25) is 0 Å². The van der Waals surface area contributed by atoms with E-state index in [1.54, 1.807) is 41.5 Å². The molecule has 0 spiro atoms. The summed E-state index contributed by atoms with van der Waals surface area (Å²) in [6.07, 6.45) is 0. The molecule has 98 valence electrons. The van der Waals surface area contributed by atoms with Crippen molar-refractivity contribution in [1.29, 1.82) is 0 Å². The highest BCUT2D eigenvalue weighted by Gasteiger charge is 2.39. The van der Waals surface area contributed by atoms with Gasteiger partial charge in [-0.1, -0.05) is 13.8 Å². The number of nitrogens with zero attached hydrogens (tertiary/aromatic N) is 1. The molecule has 0 fully saturated rings. The van der Waals surface area contributed by atoms with Gasteiger partial charge in [0.1, 0.15) is 0 Å². The number of hydrogen-bond acceptors (Lipinski definition) is 3. The normalized spacial score (nSPS) is 14.5. The van der Waals surface area contributed by atoms with Crippen molar-refractivity contribution in [3.8, 4) is 0 Å². The fraction of sp³-hybridized carbons (Fsp3) is 1.00. The molecule has 0 bridgehead atoms. The van der Waals surface area contributed by atoms with Gasteiger partial charge in [0, 0.05) is 13.1 Å². The summed E-state index contributed by atoms with van der Waals surface area (Å²) in [7, 11) is -3.54.